The Balaban J connectivity index is 2.05. The van der Waals surface area contributed by atoms with Gasteiger partial charge in [-0.05, 0) is 26.3 Å². The molecule has 0 saturated carbocycles. The number of fused-ring (bicyclic) bond motifs is 1. The van der Waals surface area contributed by atoms with E-state index in [1.807, 2.05) is 7.05 Å². The lowest BCUT2D eigenvalue weighted by Gasteiger charge is -2.26. The highest BCUT2D eigenvalue weighted by Crippen LogP contribution is 2.24. The van der Waals surface area contributed by atoms with Gasteiger partial charge in [-0.2, -0.15) is 0 Å². The molecule has 3 heterocycles. The molecule has 0 radical (unpaired) electrons. The largest absolute Gasteiger partial charge is 0.476 e. The first-order valence-corrected chi connectivity index (χ1v) is 6.71. The van der Waals surface area contributed by atoms with E-state index >= 15 is 0 Å². The predicted molar refractivity (Wildman–Crippen MR) is 70.5 cm³/mol. The van der Waals surface area contributed by atoms with Gasteiger partial charge in [0.25, 0.3) is 0 Å². The number of hydrogen-bond acceptors (Lipinski definition) is 5. The molecule has 1 saturated heterocycles. The summed E-state index contributed by atoms with van der Waals surface area (Å²) in [6, 6.07) is 0. The lowest BCUT2D eigenvalue weighted by molar-refractivity contribution is 0.0688. The summed E-state index contributed by atoms with van der Waals surface area (Å²) in [5, 5.41) is 9.35. The summed E-state index contributed by atoms with van der Waals surface area (Å²) in [5.41, 5.74) is 1.89. The Bertz CT molecular complexity index is 512. The summed E-state index contributed by atoms with van der Waals surface area (Å²) in [6.07, 6.45) is 2.97. The molecule has 0 amide bonds. The molecule has 3 rings (SSSR count). The van der Waals surface area contributed by atoms with E-state index in [1.54, 1.807) is 0 Å². The highest BCUT2D eigenvalue weighted by atomic mass is 16.4. The third-order valence-corrected chi connectivity index (χ3v) is 3.84. The first kappa shape index (κ1) is 12.3. The zero-order chi connectivity index (χ0) is 13.4. The SMILES string of the molecule is CN1CCc2c(nc(N3CCCC3)nc2C(=O)O)C1. The summed E-state index contributed by atoms with van der Waals surface area (Å²) in [7, 11) is 2.03. The van der Waals surface area contributed by atoms with Gasteiger partial charge in [-0.1, -0.05) is 0 Å². The van der Waals surface area contributed by atoms with Crippen molar-refractivity contribution in [1.29, 1.82) is 0 Å². The van der Waals surface area contributed by atoms with E-state index in [4.69, 9.17) is 0 Å². The average molecular weight is 262 g/mol. The number of nitrogens with zero attached hydrogens (tertiary/aromatic N) is 4. The molecular weight excluding hydrogens is 244 g/mol. The van der Waals surface area contributed by atoms with E-state index in [0.29, 0.717) is 18.9 Å². The molecule has 1 aromatic heterocycles. The van der Waals surface area contributed by atoms with E-state index in [9.17, 15) is 9.90 Å². The van der Waals surface area contributed by atoms with Gasteiger partial charge in [0.05, 0.1) is 5.69 Å². The lowest BCUT2D eigenvalue weighted by atomic mass is 10.0. The number of hydrogen-bond donors (Lipinski definition) is 1. The number of aromatic carboxylic acids is 1. The topological polar surface area (TPSA) is 69.6 Å². The van der Waals surface area contributed by atoms with E-state index in [1.165, 1.54) is 0 Å². The molecule has 1 N–H and O–H groups in total. The quantitative estimate of drug-likeness (QED) is 0.848. The van der Waals surface area contributed by atoms with Gasteiger partial charge in [-0.15, -0.1) is 0 Å². The summed E-state index contributed by atoms with van der Waals surface area (Å²) in [6.45, 7) is 3.42. The molecule has 6 nitrogen and oxygen atoms in total. The fourth-order valence-electron chi connectivity index (χ4n) is 2.78. The maximum atomic E-state index is 11.4. The highest BCUT2D eigenvalue weighted by molar-refractivity contribution is 5.87. The van der Waals surface area contributed by atoms with Crippen LogP contribution in [0.2, 0.25) is 0 Å². The van der Waals surface area contributed by atoms with Gasteiger partial charge in [0.15, 0.2) is 5.69 Å². The van der Waals surface area contributed by atoms with Crippen molar-refractivity contribution in [2.24, 2.45) is 0 Å². The van der Waals surface area contributed by atoms with Gasteiger partial charge in [-0.25, -0.2) is 14.8 Å². The van der Waals surface area contributed by atoms with Crippen molar-refractivity contribution in [3.05, 3.63) is 17.0 Å². The van der Waals surface area contributed by atoms with Crippen molar-refractivity contribution in [2.75, 3.05) is 31.6 Å². The molecule has 2 aliphatic rings. The predicted octanol–water partition coefficient (Wildman–Crippen LogP) is 0.763. The number of likely N-dealkylation sites (N-methyl/N-ethyl adjacent to an activating group) is 1. The summed E-state index contributed by atoms with van der Waals surface area (Å²) in [5.74, 6) is -0.354. The second-order valence-corrected chi connectivity index (χ2v) is 5.28. The Labute approximate surface area is 112 Å². The van der Waals surface area contributed by atoms with Gasteiger partial charge < -0.3 is 14.9 Å². The van der Waals surface area contributed by atoms with Crippen LogP contribution in [-0.4, -0.2) is 52.6 Å². The van der Waals surface area contributed by atoms with Crippen LogP contribution < -0.4 is 4.90 Å². The molecular formula is C13H18N4O2. The fraction of sp³-hybridized carbons (Fsp3) is 0.615. The maximum Gasteiger partial charge on any atom is 0.354 e. The maximum absolute atomic E-state index is 11.4. The molecule has 2 aliphatic heterocycles. The van der Waals surface area contributed by atoms with Gasteiger partial charge in [0.2, 0.25) is 5.95 Å². The molecule has 6 heteroatoms. The van der Waals surface area contributed by atoms with Crippen LogP contribution in [0.1, 0.15) is 34.6 Å². The van der Waals surface area contributed by atoms with Crippen molar-refractivity contribution in [3.63, 3.8) is 0 Å². The summed E-state index contributed by atoms with van der Waals surface area (Å²) in [4.78, 5) is 24.5. The van der Waals surface area contributed by atoms with Crippen molar-refractivity contribution < 1.29 is 9.90 Å². The van der Waals surface area contributed by atoms with Crippen LogP contribution in [0.4, 0.5) is 5.95 Å². The van der Waals surface area contributed by atoms with Crippen LogP contribution in [-0.2, 0) is 13.0 Å². The van der Waals surface area contributed by atoms with Crippen LogP contribution in [0.15, 0.2) is 0 Å². The van der Waals surface area contributed by atoms with Crippen molar-refractivity contribution in [3.8, 4) is 0 Å². The van der Waals surface area contributed by atoms with E-state index in [0.717, 1.165) is 43.7 Å². The Hall–Kier alpha value is -1.69. The minimum Gasteiger partial charge on any atom is -0.476 e. The van der Waals surface area contributed by atoms with Crippen molar-refractivity contribution >= 4 is 11.9 Å². The third-order valence-electron chi connectivity index (χ3n) is 3.84. The molecule has 102 valence electrons. The molecule has 1 fully saturated rings. The van der Waals surface area contributed by atoms with E-state index in [-0.39, 0.29) is 5.69 Å². The Morgan fingerprint density at radius 2 is 1.95 bits per heavy atom. The number of carbonyl (C=O) groups is 1. The van der Waals surface area contributed by atoms with Gasteiger partial charge in [-0.3, -0.25) is 0 Å². The molecule has 0 bridgehead atoms. The zero-order valence-electron chi connectivity index (χ0n) is 11.1. The molecule has 0 aromatic carbocycles. The monoisotopic (exact) mass is 262 g/mol. The van der Waals surface area contributed by atoms with E-state index in [2.05, 4.69) is 19.8 Å². The van der Waals surface area contributed by atoms with Crippen LogP contribution in [0.5, 0.6) is 0 Å². The van der Waals surface area contributed by atoms with E-state index < -0.39 is 5.97 Å². The minimum absolute atomic E-state index is 0.194. The lowest BCUT2D eigenvalue weighted by Crippen LogP contribution is -2.31. The Kier molecular flexibility index (Phi) is 3.10. The van der Waals surface area contributed by atoms with Crippen LogP contribution in [0, 0.1) is 0 Å². The molecule has 19 heavy (non-hydrogen) atoms. The molecule has 1 aromatic rings. The molecule has 0 spiro atoms. The number of anilines is 1. The first-order chi connectivity index (χ1) is 9.15. The summed E-state index contributed by atoms with van der Waals surface area (Å²) < 4.78 is 0. The smallest absolute Gasteiger partial charge is 0.354 e. The average Bonchev–Trinajstić information content (AvgIpc) is 2.90. The number of carboxylic acid groups (broad SMARTS) is 1. The molecule has 0 atom stereocenters. The number of carboxylic acids is 1. The second-order valence-electron chi connectivity index (χ2n) is 5.28. The fourth-order valence-corrected chi connectivity index (χ4v) is 2.78. The van der Waals surface area contributed by atoms with Gasteiger partial charge in [0, 0.05) is 31.7 Å². The van der Waals surface area contributed by atoms with Crippen molar-refractivity contribution in [1.82, 2.24) is 14.9 Å². The van der Waals surface area contributed by atoms with Gasteiger partial charge in [0.1, 0.15) is 0 Å². The Morgan fingerprint density at radius 3 is 2.63 bits per heavy atom. The van der Waals surface area contributed by atoms with Gasteiger partial charge >= 0.3 is 5.97 Å². The Morgan fingerprint density at radius 1 is 1.21 bits per heavy atom. The minimum atomic E-state index is -0.941. The molecule has 0 unspecified atom stereocenters. The van der Waals surface area contributed by atoms with Crippen LogP contribution >= 0.6 is 0 Å². The molecule has 0 aliphatic carbocycles. The summed E-state index contributed by atoms with van der Waals surface area (Å²) >= 11 is 0. The highest BCUT2D eigenvalue weighted by Gasteiger charge is 2.26. The zero-order valence-corrected chi connectivity index (χ0v) is 11.1. The van der Waals surface area contributed by atoms with Crippen LogP contribution in [0.3, 0.4) is 0 Å². The third kappa shape index (κ3) is 2.28. The van der Waals surface area contributed by atoms with Crippen LogP contribution in [0.25, 0.3) is 0 Å². The van der Waals surface area contributed by atoms with Crippen molar-refractivity contribution in [2.45, 2.75) is 25.8 Å². The normalized spacial score (nSPS) is 19.5. The second kappa shape index (κ2) is 4.77. The number of aromatic nitrogens is 2. The number of rotatable bonds is 2. The first-order valence-electron chi connectivity index (χ1n) is 6.71. The standard InChI is InChI=1S/C13H18N4O2/c1-16-7-4-9-10(8-16)14-13(15-11(9)12(18)19)17-5-2-3-6-17/h2-8H2,1H3,(H,18,19).